The monoisotopic (exact) mass is 355 g/mol. The average Bonchev–Trinajstić information content (AvgIpc) is 2.62. The summed E-state index contributed by atoms with van der Waals surface area (Å²) in [6, 6.07) is 20.6. The molecule has 0 atom stereocenters. The highest BCUT2D eigenvalue weighted by atomic mass is 35.5. The molecule has 0 aliphatic heterocycles. The number of anilines is 1. The van der Waals surface area contributed by atoms with Gasteiger partial charge in [0.25, 0.3) is 0 Å². The summed E-state index contributed by atoms with van der Waals surface area (Å²) in [7, 11) is 0. The molecule has 0 heterocycles. The molecule has 3 rings (SSSR count). The van der Waals surface area contributed by atoms with E-state index >= 15 is 0 Å². The lowest BCUT2D eigenvalue weighted by Gasteiger charge is -2.10. The lowest BCUT2D eigenvalue weighted by Crippen LogP contribution is -2.01. The van der Waals surface area contributed by atoms with Crippen molar-refractivity contribution in [3.05, 3.63) is 94.3 Å². The van der Waals surface area contributed by atoms with Crippen LogP contribution in [-0.2, 0) is 13.2 Å². The first kappa shape index (κ1) is 17.3. The topological polar surface area (TPSA) is 21.3 Å². The highest BCUT2D eigenvalue weighted by Crippen LogP contribution is 2.22. The van der Waals surface area contributed by atoms with E-state index in [1.165, 1.54) is 11.6 Å². The highest BCUT2D eigenvalue weighted by molar-refractivity contribution is 6.31. The number of ether oxygens (including phenoxy) is 1. The summed E-state index contributed by atoms with van der Waals surface area (Å²) < 4.78 is 19.4. The lowest BCUT2D eigenvalue weighted by atomic mass is 10.2. The molecular weight excluding hydrogens is 337 g/mol. The van der Waals surface area contributed by atoms with Crippen LogP contribution in [0.1, 0.15) is 16.7 Å². The molecule has 0 fully saturated rings. The Bertz CT molecular complexity index is 811. The molecule has 3 aromatic carbocycles. The summed E-state index contributed by atoms with van der Waals surface area (Å²) in [6.07, 6.45) is 0. The predicted molar refractivity (Wildman–Crippen MR) is 101 cm³/mol. The van der Waals surface area contributed by atoms with Crippen LogP contribution in [0.2, 0.25) is 5.02 Å². The zero-order chi connectivity index (χ0) is 17.6. The third kappa shape index (κ3) is 4.74. The smallest absolute Gasteiger partial charge is 0.131 e. The van der Waals surface area contributed by atoms with Crippen molar-refractivity contribution in [2.75, 3.05) is 5.32 Å². The Balaban J connectivity index is 1.56. The van der Waals surface area contributed by atoms with Crippen LogP contribution in [0.5, 0.6) is 5.75 Å². The molecule has 0 unspecified atom stereocenters. The van der Waals surface area contributed by atoms with Crippen LogP contribution in [0.3, 0.4) is 0 Å². The predicted octanol–water partition coefficient (Wildman–Crippen LogP) is 5.98. The van der Waals surface area contributed by atoms with Crippen molar-refractivity contribution in [1.82, 2.24) is 0 Å². The molecular formula is C21H19ClFNO. The van der Waals surface area contributed by atoms with Gasteiger partial charge in [-0.3, -0.25) is 0 Å². The summed E-state index contributed by atoms with van der Waals surface area (Å²) in [4.78, 5) is 0. The Labute approximate surface area is 152 Å². The van der Waals surface area contributed by atoms with E-state index in [1.54, 1.807) is 12.1 Å². The minimum atomic E-state index is -0.355. The Hall–Kier alpha value is -2.52. The number of rotatable bonds is 6. The fraction of sp³-hybridized carbons (Fsp3) is 0.143. The van der Waals surface area contributed by atoms with Crippen LogP contribution in [-0.4, -0.2) is 0 Å². The molecule has 25 heavy (non-hydrogen) atoms. The SMILES string of the molecule is Cc1ccc(NCc2ccc(OCc3c(F)cccc3Cl)cc2)cc1. The molecule has 0 saturated heterocycles. The first-order valence-electron chi connectivity index (χ1n) is 8.07. The van der Waals surface area contributed by atoms with Crippen molar-refractivity contribution in [2.45, 2.75) is 20.1 Å². The second-order valence-corrected chi connectivity index (χ2v) is 6.26. The van der Waals surface area contributed by atoms with Gasteiger partial charge in [-0.2, -0.15) is 0 Å². The van der Waals surface area contributed by atoms with Gasteiger partial charge in [-0.25, -0.2) is 4.39 Å². The van der Waals surface area contributed by atoms with Crippen LogP contribution in [0.4, 0.5) is 10.1 Å². The number of benzene rings is 3. The fourth-order valence-electron chi connectivity index (χ4n) is 2.40. The van der Waals surface area contributed by atoms with Gasteiger partial charge in [-0.1, -0.05) is 47.5 Å². The van der Waals surface area contributed by atoms with Crippen LogP contribution < -0.4 is 10.1 Å². The molecule has 0 aromatic heterocycles. The van der Waals surface area contributed by atoms with Crippen LogP contribution in [0.25, 0.3) is 0 Å². The average molecular weight is 356 g/mol. The summed E-state index contributed by atoms with van der Waals surface area (Å²) in [6.45, 7) is 2.89. The van der Waals surface area contributed by atoms with Crippen LogP contribution in [0.15, 0.2) is 66.7 Å². The molecule has 0 aliphatic rings. The molecule has 1 N–H and O–H groups in total. The van der Waals surface area contributed by atoms with Gasteiger partial charge < -0.3 is 10.1 Å². The van der Waals surface area contributed by atoms with E-state index in [1.807, 2.05) is 24.3 Å². The minimum absolute atomic E-state index is 0.104. The van der Waals surface area contributed by atoms with Crippen molar-refractivity contribution in [2.24, 2.45) is 0 Å². The molecule has 0 spiro atoms. The molecule has 0 radical (unpaired) electrons. The summed E-state index contributed by atoms with van der Waals surface area (Å²) in [5, 5.41) is 3.75. The number of hydrogen-bond donors (Lipinski definition) is 1. The second kappa shape index (κ2) is 8.04. The lowest BCUT2D eigenvalue weighted by molar-refractivity contribution is 0.300. The second-order valence-electron chi connectivity index (χ2n) is 5.85. The van der Waals surface area contributed by atoms with Crippen LogP contribution in [0, 0.1) is 12.7 Å². The quantitative estimate of drug-likeness (QED) is 0.587. The molecule has 2 nitrogen and oxygen atoms in total. The van der Waals surface area contributed by atoms with Crippen molar-refractivity contribution >= 4 is 17.3 Å². The minimum Gasteiger partial charge on any atom is -0.489 e. The van der Waals surface area contributed by atoms with Gasteiger partial charge in [-0.05, 0) is 48.9 Å². The first-order chi connectivity index (χ1) is 12.1. The fourth-order valence-corrected chi connectivity index (χ4v) is 2.62. The molecule has 0 aliphatic carbocycles. The standard InChI is InChI=1S/C21H19ClFNO/c1-15-5-9-17(10-6-15)24-13-16-7-11-18(12-8-16)25-14-19-20(22)3-2-4-21(19)23/h2-12,24H,13-14H2,1H3. The van der Waals surface area contributed by atoms with Gasteiger partial charge in [0.05, 0.1) is 5.02 Å². The third-order valence-electron chi connectivity index (χ3n) is 3.92. The third-order valence-corrected chi connectivity index (χ3v) is 4.27. The maximum atomic E-state index is 13.7. The number of nitrogens with one attached hydrogen (secondary N) is 1. The zero-order valence-corrected chi connectivity index (χ0v) is 14.7. The van der Waals surface area contributed by atoms with Crippen LogP contribution >= 0.6 is 11.6 Å². The number of aryl methyl sites for hydroxylation is 1. The van der Waals surface area contributed by atoms with Gasteiger partial charge in [0.15, 0.2) is 0 Å². The van der Waals surface area contributed by atoms with Gasteiger partial charge in [-0.15, -0.1) is 0 Å². The summed E-state index contributed by atoms with van der Waals surface area (Å²) in [5.41, 5.74) is 3.83. The van der Waals surface area contributed by atoms with Gasteiger partial charge in [0.1, 0.15) is 18.2 Å². The molecule has 128 valence electrons. The Morgan fingerprint density at radius 3 is 2.36 bits per heavy atom. The summed E-state index contributed by atoms with van der Waals surface area (Å²) in [5.74, 6) is 0.324. The van der Waals surface area contributed by atoms with E-state index in [-0.39, 0.29) is 12.4 Å². The molecule has 3 aromatic rings. The Morgan fingerprint density at radius 2 is 1.68 bits per heavy atom. The Morgan fingerprint density at radius 1 is 0.960 bits per heavy atom. The van der Waals surface area contributed by atoms with Crippen molar-refractivity contribution in [3.63, 3.8) is 0 Å². The van der Waals surface area contributed by atoms with E-state index in [0.29, 0.717) is 16.3 Å². The number of halogens is 2. The van der Waals surface area contributed by atoms with Crippen molar-refractivity contribution in [1.29, 1.82) is 0 Å². The summed E-state index contributed by atoms with van der Waals surface area (Å²) >= 11 is 6.00. The van der Waals surface area contributed by atoms with E-state index < -0.39 is 0 Å². The normalized spacial score (nSPS) is 10.5. The van der Waals surface area contributed by atoms with Crippen molar-refractivity contribution < 1.29 is 9.13 Å². The van der Waals surface area contributed by atoms with E-state index in [9.17, 15) is 4.39 Å². The molecule has 4 heteroatoms. The van der Waals surface area contributed by atoms with Gasteiger partial charge in [0, 0.05) is 17.8 Å². The Kier molecular flexibility index (Phi) is 5.56. The van der Waals surface area contributed by atoms with Gasteiger partial charge in [0.2, 0.25) is 0 Å². The maximum absolute atomic E-state index is 13.7. The van der Waals surface area contributed by atoms with E-state index in [4.69, 9.17) is 16.3 Å². The molecule has 0 bridgehead atoms. The van der Waals surface area contributed by atoms with E-state index in [2.05, 4.69) is 36.5 Å². The zero-order valence-electron chi connectivity index (χ0n) is 13.9. The highest BCUT2D eigenvalue weighted by Gasteiger charge is 2.07. The van der Waals surface area contributed by atoms with Crippen molar-refractivity contribution in [3.8, 4) is 5.75 Å². The number of hydrogen-bond acceptors (Lipinski definition) is 2. The van der Waals surface area contributed by atoms with E-state index in [0.717, 1.165) is 17.8 Å². The largest absolute Gasteiger partial charge is 0.489 e. The first-order valence-corrected chi connectivity index (χ1v) is 8.45. The molecule has 0 saturated carbocycles. The van der Waals surface area contributed by atoms with Gasteiger partial charge >= 0.3 is 0 Å². The molecule has 0 amide bonds. The maximum Gasteiger partial charge on any atom is 0.131 e.